The van der Waals surface area contributed by atoms with Crippen molar-refractivity contribution in [2.24, 2.45) is 0 Å². The van der Waals surface area contributed by atoms with Crippen molar-refractivity contribution in [1.29, 1.82) is 5.26 Å². The number of nitrogens with zero attached hydrogens (tertiary/aromatic N) is 4. The number of aryl methyl sites for hydroxylation is 1. The van der Waals surface area contributed by atoms with Gasteiger partial charge in [-0.3, -0.25) is 4.79 Å². The zero-order valence-corrected chi connectivity index (χ0v) is 19.9. The largest absolute Gasteiger partial charge is 0.489 e. The Hall–Kier alpha value is -4.82. The van der Waals surface area contributed by atoms with E-state index in [0.717, 1.165) is 27.8 Å². The average Bonchev–Trinajstić information content (AvgIpc) is 3.35. The summed E-state index contributed by atoms with van der Waals surface area (Å²) in [7, 11) is 0. The maximum atomic E-state index is 11.2. The maximum Gasteiger partial charge on any atom is 0.304 e. The number of pyridine rings is 1. The molecule has 0 spiro atoms. The van der Waals surface area contributed by atoms with Gasteiger partial charge >= 0.3 is 5.97 Å². The molecule has 0 aliphatic rings. The average molecular weight is 481 g/mol. The molecule has 36 heavy (non-hydrogen) atoms. The van der Waals surface area contributed by atoms with Gasteiger partial charge in [0.2, 0.25) is 0 Å². The van der Waals surface area contributed by atoms with Crippen LogP contribution in [-0.4, -0.2) is 32.3 Å². The molecule has 1 N–H and O–H groups in total. The Bertz CT molecular complexity index is 1490. The van der Waals surface area contributed by atoms with E-state index in [4.69, 9.17) is 19.8 Å². The van der Waals surface area contributed by atoms with Crippen LogP contribution in [0.1, 0.15) is 36.0 Å². The fraction of sp³-hybridized carbons (Fsp3) is 0.214. The first-order valence-electron chi connectivity index (χ1n) is 11.3. The SMILES string of the molecule is CC#CC(CC(=O)O)c1ccc(OCc2cc(-c3ccc(OCC#N)cc3C)cn3ncnc23)cc1. The third-order valence-corrected chi connectivity index (χ3v) is 5.64. The van der Waals surface area contributed by atoms with Crippen LogP contribution in [0.3, 0.4) is 0 Å². The van der Waals surface area contributed by atoms with Crippen LogP contribution in [0.15, 0.2) is 61.1 Å². The second-order valence-corrected chi connectivity index (χ2v) is 8.11. The fourth-order valence-corrected chi connectivity index (χ4v) is 3.97. The quantitative estimate of drug-likeness (QED) is 0.344. The van der Waals surface area contributed by atoms with Crippen molar-refractivity contribution in [3.05, 3.63) is 77.7 Å². The van der Waals surface area contributed by atoms with Crippen molar-refractivity contribution in [3.63, 3.8) is 0 Å². The van der Waals surface area contributed by atoms with E-state index < -0.39 is 5.97 Å². The smallest absolute Gasteiger partial charge is 0.304 e. The molecule has 2 aromatic heterocycles. The molecule has 0 radical (unpaired) electrons. The fourth-order valence-electron chi connectivity index (χ4n) is 3.97. The van der Waals surface area contributed by atoms with Gasteiger partial charge in [0, 0.05) is 17.3 Å². The molecule has 8 nitrogen and oxygen atoms in total. The number of carboxylic acid groups (broad SMARTS) is 1. The van der Waals surface area contributed by atoms with Crippen molar-refractivity contribution in [2.45, 2.75) is 32.8 Å². The number of hydrogen-bond acceptors (Lipinski definition) is 6. The minimum Gasteiger partial charge on any atom is -0.489 e. The number of rotatable bonds is 9. The molecule has 4 aromatic rings. The standard InChI is InChI=1S/C28H24N4O4/c1-3-4-21(15-27(33)34)20-5-7-24(8-6-20)36-17-23-14-22(16-32-28(23)30-18-31-32)26-10-9-25(13-19(26)2)35-12-11-29/h5-10,13-14,16,18,21H,12,15,17H2,1-2H3,(H,33,34). The summed E-state index contributed by atoms with van der Waals surface area (Å²) in [6, 6.07) is 17.0. The van der Waals surface area contributed by atoms with Crippen LogP contribution in [-0.2, 0) is 11.4 Å². The van der Waals surface area contributed by atoms with Crippen LogP contribution >= 0.6 is 0 Å². The molecular weight excluding hydrogens is 456 g/mol. The van der Waals surface area contributed by atoms with Gasteiger partial charge in [-0.25, -0.2) is 9.50 Å². The Morgan fingerprint density at radius 3 is 2.61 bits per heavy atom. The van der Waals surface area contributed by atoms with E-state index in [-0.39, 0.29) is 25.6 Å². The number of hydrogen-bond donors (Lipinski definition) is 1. The number of nitriles is 1. The summed E-state index contributed by atoms with van der Waals surface area (Å²) in [5.41, 5.74) is 5.34. The molecule has 0 fully saturated rings. The number of carbonyl (C=O) groups is 1. The van der Waals surface area contributed by atoms with Crippen molar-refractivity contribution >= 4 is 11.6 Å². The predicted octanol–water partition coefficient (Wildman–Crippen LogP) is 4.77. The van der Waals surface area contributed by atoms with Gasteiger partial charge in [0.25, 0.3) is 0 Å². The molecule has 8 heteroatoms. The molecule has 0 aliphatic carbocycles. The first-order chi connectivity index (χ1) is 17.5. The van der Waals surface area contributed by atoms with E-state index in [0.29, 0.717) is 17.1 Å². The van der Waals surface area contributed by atoms with Gasteiger partial charge in [0.15, 0.2) is 12.3 Å². The first kappa shape index (κ1) is 24.3. The minimum absolute atomic E-state index is 0.00160. The predicted molar refractivity (Wildman–Crippen MR) is 133 cm³/mol. The van der Waals surface area contributed by atoms with Crippen LogP contribution in [0.2, 0.25) is 0 Å². The van der Waals surface area contributed by atoms with Gasteiger partial charge in [-0.2, -0.15) is 10.4 Å². The van der Waals surface area contributed by atoms with Crippen LogP contribution in [0.5, 0.6) is 11.5 Å². The monoisotopic (exact) mass is 480 g/mol. The van der Waals surface area contributed by atoms with Gasteiger partial charge < -0.3 is 14.6 Å². The van der Waals surface area contributed by atoms with Crippen LogP contribution < -0.4 is 9.47 Å². The zero-order valence-electron chi connectivity index (χ0n) is 19.9. The molecule has 180 valence electrons. The summed E-state index contributed by atoms with van der Waals surface area (Å²) in [6.07, 6.45) is 3.36. The number of benzene rings is 2. The molecule has 4 rings (SSSR count). The third-order valence-electron chi connectivity index (χ3n) is 5.64. The van der Waals surface area contributed by atoms with E-state index in [1.165, 1.54) is 6.33 Å². The topological polar surface area (TPSA) is 110 Å². The molecule has 1 atom stereocenters. The van der Waals surface area contributed by atoms with Gasteiger partial charge in [0.1, 0.15) is 30.5 Å². The Balaban J connectivity index is 1.56. The highest BCUT2D eigenvalue weighted by Gasteiger charge is 2.14. The Morgan fingerprint density at radius 2 is 1.92 bits per heavy atom. The number of fused-ring (bicyclic) bond motifs is 1. The number of aromatic nitrogens is 3. The summed E-state index contributed by atoms with van der Waals surface area (Å²) >= 11 is 0. The lowest BCUT2D eigenvalue weighted by Crippen LogP contribution is -2.05. The maximum absolute atomic E-state index is 11.2. The molecule has 0 saturated heterocycles. The van der Waals surface area contributed by atoms with Crippen molar-refractivity contribution in [2.75, 3.05) is 6.61 Å². The van der Waals surface area contributed by atoms with E-state index in [2.05, 4.69) is 21.9 Å². The van der Waals surface area contributed by atoms with Crippen LogP contribution in [0.25, 0.3) is 16.8 Å². The molecule has 0 aliphatic heterocycles. The normalized spacial score (nSPS) is 11.2. The molecule has 0 bridgehead atoms. The Labute approximate surface area is 208 Å². The highest BCUT2D eigenvalue weighted by atomic mass is 16.5. The zero-order chi connectivity index (χ0) is 25.5. The van der Waals surface area contributed by atoms with Gasteiger partial charge in [0.05, 0.1) is 12.3 Å². The number of carboxylic acids is 1. The van der Waals surface area contributed by atoms with Crippen molar-refractivity contribution < 1.29 is 19.4 Å². The highest BCUT2D eigenvalue weighted by molar-refractivity contribution is 5.70. The van der Waals surface area contributed by atoms with E-state index >= 15 is 0 Å². The van der Waals surface area contributed by atoms with Gasteiger partial charge in [-0.05, 0) is 60.9 Å². The summed E-state index contributed by atoms with van der Waals surface area (Å²) in [5, 5.41) is 22.2. The summed E-state index contributed by atoms with van der Waals surface area (Å²) in [4.78, 5) is 15.5. The van der Waals surface area contributed by atoms with Crippen LogP contribution in [0.4, 0.5) is 0 Å². The number of ether oxygens (including phenoxy) is 2. The van der Waals surface area contributed by atoms with E-state index in [1.807, 2.05) is 67.7 Å². The Kier molecular flexibility index (Phi) is 7.48. The second kappa shape index (κ2) is 11.1. The molecule has 2 heterocycles. The lowest BCUT2D eigenvalue weighted by Gasteiger charge is -2.13. The summed E-state index contributed by atoms with van der Waals surface area (Å²) in [6.45, 7) is 3.95. The molecule has 0 saturated carbocycles. The summed E-state index contributed by atoms with van der Waals surface area (Å²) < 4.78 is 13.2. The number of aliphatic carboxylic acids is 1. The van der Waals surface area contributed by atoms with E-state index in [9.17, 15) is 4.79 Å². The third kappa shape index (κ3) is 5.63. The van der Waals surface area contributed by atoms with Gasteiger partial charge in [-0.1, -0.05) is 24.1 Å². The minimum atomic E-state index is -0.889. The first-order valence-corrected chi connectivity index (χ1v) is 11.3. The lowest BCUT2D eigenvalue weighted by atomic mass is 9.96. The highest BCUT2D eigenvalue weighted by Crippen LogP contribution is 2.29. The van der Waals surface area contributed by atoms with Crippen molar-refractivity contribution in [1.82, 2.24) is 14.6 Å². The Morgan fingerprint density at radius 1 is 1.14 bits per heavy atom. The van der Waals surface area contributed by atoms with E-state index in [1.54, 1.807) is 11.4 Å². The molecule has 2 aromatic carbocycles. The molecule has 0 amide bonds. The summed E-state index contributed by atoms with van der Waals surface area (Å²) in [5.74, 6) is 5.79. The van der Waals surface area contributed by atoms with Gasteiger partial charge in [-0.15, -0.1) is 5.92 Å². The molecular formula is C28H24N4O4. The lowest BCUT2D eigenvalue weighted by molar-refractivity contribution is -0.137. The second-order valence-electron chi connectivity index (χ2n) is 8.11. The van der Waals surface area contributed by atoms with Crippen molar-refractivity contribution in [3.8, 4) is 40.5 Å². The molecule has 1 unspecified atom stereocenters. The van der Waals surface area contributed by atoms with Crippen LogP contribution in [0, 0.1) is 30.1 Å².